The maximum atomic E-state index is 11.3. The van der Waals surface area contributed by atoms with E-state index >= 15 is 0 Å². The summed E-state index contributed by atoms with van der Waals surface area (Å²) < 4.78 is 29.2. The van der Waals surface area contributed by atoms with Crippen LogP contribution in [-0.4, -0.2) is 36.2 Å². The standard InChI is InChI=1S/C8H14O5S/c1-6(2)8(10)7(5-9)3-4-14(11,12)13/h7,9H,1,3-5H2,2H3,(H,11,12,13). The van der Waals surface area contributed by atoms with Gasteiger partial charge in [-0.15, -0.1) is 0 Å². The van der Waals surface area contributed by atoms with Gasteiger partial charge in [-0.05, 0) is 18.9 Å². The maximum Gasteiger partial charge on any atom is 0.264 e. The number of hydrogen-bond acceptors (Lipinski definition) is 4. The van der Waals surface area contributed by atoms with E-state index in [1.54, 1.807) is 0 Å². The van der Waals surface area contributed by atoms with Crippen molar-refractivity contribution in [1.29, 1.82) is 0 Å². The third-order valence-electron chi connectivity index (χ3n) is 1.74. The smallest absolute Gasteiger partial charge is 0.264 e. The maximum absolute atomic E-state index is 11.3. The van der Waals surface area contributed by atoms with Gasteiger partial charge in [0.25, 0.3) is 10.1 Å². The lowest BCUT2D eigenvalue weighted by molar-refractivity contribution is -0.120. The predicted octanol–water partition coefficient (Wildman–Crippen LogP) is 0.0180. The van der Waals surface area contributed by atoms with Crippen LogP contribution in [0, 0.1) is 5.92 Å². The van der Waals surface area contributed by atoms with Crippen molar-refractivity contribution in [3.63, 3.8) is 0 Å². The third-order valence-corrected chi connectivity index (χ3v) is 2.49. The van der Waals surface area contributed by atoms with Gasteiger partial charge in [-0.1, -0.05) is 6.58 Å². The zero-order valence-corrected chi connectivity index (χ0v) is 8.75. The molecule has 5 nitrogen and oxygen atoms in total. The van der Waals surface area contributed by atoms with Gasteiger partial charge in [-0.25, -0.2) is 0 Å². The number of aliphatic hydroxyl groups excluding tert-OH is 1. The van der Waals surface area contributed by atoms with E-state index in [9.17, 15) is 13.2 Å². The molecule has 0 aromatic heterocycles. The average Bonchev–Trinajstić information content (AvgIpc) is 2.02. The Morgan fingerprint density at radius 3 is 2.29 bits per heavy atom. The molecule has 0 rings (SSSR count). The Labute approximate surface area is 83.2 Å². The van der Waals surface area contributed by atoms with E-state index in [1.165, 1.54) is 6.92 Å². The number of Topliss-reactive ketones (excluding diaryl/α,β-unsaturated/α-hetero) is 1. The summed E-state index contributed by atoms with van der Waals surface area (Å²) in [6.45, 7) is 4.44. The van der Waals surface area contributed by atoms with Gasteiger partial charge in [0.05, 0.1) is 12.4 Å². The fourth-order valence-corrected chi connectivity index (χ4v) is 1.53. The van der Waals surface area contributed by atoms with Gasteiger partial charge in [0, 0.05) is 5.92 Å². The minimum atomic E-state index is -4.08. The molecule has 0 aliphatic carbocycles. The van der Waals surface area contributed by atoms with Crippen LogP contribution in [0.3, 0.4) is 0 Å². The van der Waals surface area contributed by atoms with Crippen LogP contribution >= 0.6 is 0 Å². The van der Waals surface area contributed by atoms with Gasteiger partial charge in [0.1, 0.15) is 0 Å². The molecule has 0 saturated heterocycles. The Kier molecular flexibility index (Phi) is 4.96. The molecule has 14 heavy (non-hydrogen) atoms. The summed E-state index contributed by atoms with van der Waals surface area (Å²) in [5.41, 5.74) is 0.263. The van der Waals surface area contributed by atoms with E-state index in [1.807, 2.05) is 0 Å². The molecule has 0 saturated carbocycles. The molecule has 0 aromatic carbocycles. The minimum Gasteiger partial charge on any atom is -0.396 e. The van der Waals surface area contributed by atoms with E-state index in [0.29, 0.717) is 0 Å². The number of hydrogen-bond donors (Lipinski definition) is 2. The highest BCUT2D eigenvalue weighted by molar-refractivity contribution is 7.85. The molecule has 0 aliphatic rings. The van der Waals surface area contributed by atoms with Crippen molar-refractivity contribution in [2.75, 3.05) is 12.4 Å². The summed E-state index contributed by atoms with van der Waals surface area (Å²) in [6, 6.07) is 0. The van der Waals surface area contributed by atoms with Crippen LogP contribution in [0.15, 0.2) is 12.2 Å². The van der Waals surface area contributed by atoms with Crippen LogP contribution in [0.4, 0.5) is 0 Å². The zero-order valence-electron chi connectivity index (χ0n) is 7.93. The van der Waals surface area contributed by atoms with Crippen molar-refractivity contribution in [1.82, 2.24) is 0 Å². The fourth-order valence-electron chi connectivity index (χ4n) is 0.945. The molecule has 1 unspecified atom stereocenters. The topological polar surface area (TPSA) is 91.7 Å². The first-order chi connectivity index (χ1) is 6.28. The van der Waals surface area contributed by atoms with E-state index in [4.69, 9.17) is 9.66 Å². The molecule has 0 radical (unpaired) electrons. The van der Waals surface area contributed by atoms with Gasteiger partial charge in [0.2, 0.25) is 0 Å². The first kappa shape index (κ1) is 13.3. The molecule has 0 heterocycles. The van der Waals surface area contributed by atoms with Crippen molar-refractivity contribution in [3.8, 4) is 0 Å². The van der Waals surface area contributed by atoms with Crippen LogP contribution in [0.1, 0.15) is 13.3 Å². The Morgan fingerprint density at radius 1 is 1.50 bits per heavy atom. The second kappa shape index (κ2) is 5.23. The average molecular weight is 222 g/mol. The molecule has 0 aliphatic heterocycles. The van der Waals surface area contributed by atoms with Gasteiger partial charge < -0.3 is 5.11 Å². The molecule has 0 bridgehead atoms. The quantitative estimate of drug-likeness (QED) is 0.488. The number of rotatable bonds is 6. The highest BCUT2D eigenvalue weighted by atomic mass is 32.2. The first-order valence-electron chi connectivity index (χ1n) is 4.03. The van der Waals surface area contributed by atoms with Crippen LogP contribution in [0.2, 0.25) is 0 Å². The first-order valence-corrected chi connectivity index (χ1v) is 5.64. The second-order valence-corrected chi connectivity index (χ2v) is 4.67. The fraction of sp³-hybridized carbons (Fsp3) is 0.625. The molecule has 0 aromatic rings. The monoisotopic (exact) mass is 222 g/mol. The Hall–Kier alpha value is -0.720. The molecule has 82 valence electrons. The molecular weight excluding hydrogens is 208 g/mol. The van der Waals surface area contributed by atoms with Crippen LogP contribution in [0.5, 0.6) is 0 Å². The van der Waals surface area contributed by atoms with E-state index in [-0.39, 0.29) is 17.8 Å². The van der Waals surface area contributed by atoms with Crippen molar-refractivity contribution in [3.05, 3.63) is 12.2 Å². The second-order valence-electron chi connectivity index (χ2n) is 3.10. The Morgan fingerprint density at radius 2 is 2.00 bits per heavy atom. The van der Waals surface area contributed by atoms with Crippen molar-refractivity contribution >= 4 is 15.9 Å². The van der Waals surface area contributed by atoms with Crippen LogP contribution in [0.25, 0.3) is 0 Å². The SMILES string of the molecule is C=C(C)C(=O)C(CO)CCS(=O)(=O)O. The zero-order chi connectivity index (χ0) is 11.4. The normalized spacial score (nSPS) is 13.6. The highest BCUT2D eigenvalue weighted by Crippen LogP contribution is 2.10. The van der Waals surface area contributed by atoms with Crippen molar-refractivity contribution in [2.24, 2.45) is 5.92 Å². The van der Waals surface area contributed by atoms with Crippen LogP contribution < -0.4 is 0 Å². The third kappa shape index (κ3) is 5.11. The summed E-state index contributed by atoms with van der Waals surface area (Å²) in [5.74, 6) is -1.71. The predicted molar refractivity (Wildman–Crippen MR) is 51.4 cm³/mol. The molecule has 6 heteroatoms. The number of allylic oxidation sites excluding steroid dienone is 1. The van der Waals surface area contributed by atoms with Crippen LogP contribution in [-0.2, 0) is 14.9 Å². The van der Waals surface area contributed by atoms with Gasteiger partial charge in [0.15, 0.2) is 5.78 Å². The van der Waals surface area contributed by atoms with Gasteiger partial charge >= 0.3 is 0 Å². The van der Waals surface area contributed by atoms with E-state index in [2.05, 4.69) is 6.58 Å². The number of aliphatic hydroxyl groups is 1. The summed E-state index contributed by atoms with van der Waals surface area (Å²) in [5, 5.41) is 8.80. The lowest BCUT2D eigenvalue weighted by Crippen LogP contribution is -2.22. The number of carbonyl (C=O) groups excluding carboxylic acids is 1. The molecule has 1 atom stereocenters. The lowest BCUT2D eigenvalue weighted by Gasteiger charge is -2.11. The highest BCUT2D eigenvalue weighted by Gasteiger charge is 2.20. The molecule has 0 fully saturated rings. The number of ketones is 1. The molecule has 0 amide bonds. The Bertz CT molecular complexity index is 317. The molecule has 2 N–H and O–H groups in total. The van der Waals surface area contributed by atoms with Gasteiger partial charge in [-0.3, -0.25) is 9.35 Å². The van der Waals surface area contributed by atoms with E-state index < -0.39 is 28.4 Å². The Balaban J connectivity index is 4.32. The number of carbonyl (C=O) groups is 1. The van der Waals surface area contributed by atoms with Crippen molar-refractivity contribution < 1.29 is 22.9 Å². The minimum absolute atomic E-state index is 0.0962. The summed E-state index contributed by atoms with van der Waals surface area (Å²) in [7, 11) is -4.08. The molecular formula is C8H14O5S. The summed E-state index contributed by atoms with van der Waals surface area (Å²) in [6.07, 6.45) is -0.0962. The molecule has 0 spiro atoms. The summed E-state index contributed by atoms with van der Waals surface area (Å²) in [4.78, 5) is 11.3. The van der Waals surface area contributed by atoms with Gasteiger partial charge in [-0.2, -0.15) is 8.42 Å². The van der Waals surface area contributed by atoms with E-state index in [0.717, 1.165) is 0 Å². The van der Waals surface area contributed by atoms with Crippen molar-refractivity contribution in [2.45, 2.75) is 13.3 Å². The largest absolute Gasteiger partial charge is 0.396 e. The lowest BCUT2D eigenvalue weighted by atomic mass is 9.98. The summed E-state index contributed by atoms with van der Waals surface area (Å²) >= 11 is 0.